The van der Waals surface area contributed by atoms with Crippen LogP contribution in [0, 0.1) is 0 Å². The van der Waals surface area contributed by atoms with Crippen LogP contribution >= 0.6 is 23.2 Å². The molecule has 1 heterocycles. The van der Waals surface area contributed by atoms with Crippen molar-refractivity contribution in [2.24, 2.45) is 10.2 Å². The van der Waals surface area contributed by atoms with Crippen LogP contribution in [0.5, 0.6) is 11.5 Å². The number of carbonyl (C=O) groups is 1. The second kappa shape index (κ2) is 12.6. The molecule has 1 aromatic heterocycles. The number of ether oxygens (including phenoxy) is 2. The fourth-order valence-corrected chi connectivity index (χ4v) is 5.47. The van der Waals surface area contributed by atoms with E-state index in [0.29, 0.717) is 28.2 Å². The number of para-hydroxylation sites is 2. The third-order valence-electron chi connectivity index (χ3n) is 5.91. The van der Waals surface area contributed by atoms with Crippen LogP contribution in [-0.4, -0.2) is 38.5 Å². The number of aromatic nitrogens is 2. The summed E-state index contributed by atoms with van der Waals surface area (Å²) in [6, 6.07) is 21.9. The summed E-state index contributed by atoms with van der Waals surface area (Å²) >= 11 is 12.0. The van der Waals surface area contributed by atoms with E-state index in [2.05, 4.69) is 30.2 Å². The van der Waals surface area contributed by atoms with Crippen LogP contribution < -0.4 is 19.5 Å². The van der Waals surface area contributed by atoms with Gasteiger partial charge in [0.2, 0.25) is 5.82 Å². The Bertz CT molecular complexity index is 1950. The molecule has 0 bridgehead atoms. The summed E-state index contributed by atoms with van der Waals surface area (Å²) in [6.07, 6.45) is 0. The molecule has 2 N–H and O–H groups in total. The number of benzene rings is 4. The Morgan fingerprint density at radius 3 is 2.09 bits per heavy atom. The van der Waals surface area contributed by atoms with Crippen molar-refractivity contribution in [2.45, 2.75) is 4.90 Å². The first-order valence-corrected chi connectivity index (χ1v) is 14.7. The standard InChI is InChI=1S/C29H22Cl2N6O5S/c1-41-22-13-21(14-23(16-22)42-2)35-36-27-28(34-26-9-4-3-8-25(26)33-27)37-43(39,40)24-7-5-6-20(15-24)32-29(38)17-10-18(30)12-19(31)11-17/h3-16H,1-2H3,(H,32,38)(H,34,37). The third kappa shape index (κ3) is 7.17. The van der Waals surface area contributed by atoms with E-state index >= 15 is 0 Å². The Morgan fingerprint density at radius 2 is 1.44 bits per heavy atom. The van der Waals surface area contributed by atoms with Gasteiger partial charge in [0.25, 0.3) is 15.9 Å². The molecular weight excluding hydrogens is 615 g/mol. The predicted octanol–water partition coefficient (Wildman–Crippen LogP) is 7.42. The molecule has 0 spiro atoms. The minimum Gasteiger partial charge on any atom is -0.497 e. The molecule has 5 rings (SSSR count). The second-order valence-electron chi connectivity index (χ2n) is 8.90. The van der Waals surface area contributed by atoms with Crippen molar-refractivity contribution in [1.29, 1.82) is 0 Å². The summed E-state index contributed by atoms with van der Waals surface area (Å²) in [5.74, 6) is 0.226. The molecule has 0 saturated heterocycles. The van der Waals surface area contributed by atoms with Crippen LogP contribution in [0.15, 0.2) is 100 Å². The SMILES string of the molecule is COc1cc(N=Nc2nc3ccccc3nc2NS(=O)(=O)c2cccc(NC(=O)c3cc(Cl)cc(Cl)c3)c2)cc(OC)c1. The number of hydrogen-bond acceptors (Lipinski definition) is 9. The van der Waals surface area contributed by atoms with Crippen LogP contribution in [0.3, 0.4) is 0 Å². The van der Waals surface area contributed by atoms with Crippen molar-refractivity contribution in [3.63, 3.8) is 0 Å². The molecule has 0 fully saturated rings. The Balaban J connectivity index is 1.46. The van der Waals surface area contributed by atoms with Crippen LogP contribution in [0.4, 0.5) is 23.0 Å². The van der Waals surface area contributed by atoms with Gasteiger partial charge in [-0.25, -0.2) is 18.4 Å². The first kappa shape index (κ1) is 29.7. The van der Waals surface area contributed by atoms with Gasteiger partial charge < -0.3 is 14.8 Å². The highest BCUT2D eigenvalue weighted by Gasteiger charge is 2.20. The lowest BCUT2D eigenvalue weighted by Crippen LogP contribution is -2.16. The van der Waals surface area contributed by atoms with Gasteiger partial charge in [0, 0.05) is 39.5 Å². The van der Waals surface area contributed by atoms with E-state index < -0.39 is 15.9 Å². The van der Waals surface area contributed by atoms with E-state index in [-0.39, 0.29) is 37.8 Å². The molecule has 1 amide bonds. The molecule has 5 aromatic rings. The Kier molecular flexibility index (Phi) is 8.71. The number of fused-ring (bicyclic) bond motifs is 1. The van der Waals surface area contributed by atoms with E-state index in [1.807, 2.05) is 0 Å². The number of halogens is 2. The van der Waals surface area contributed by atoms with Gasteiger partial charge in [0.15, 0.2) is 5.82 Å². The summed E-state index contributed by atoms with van der Waals surface area (Å²) in [6.45, 7) is 0. The Morgan fingerprint density at radius 1 is 0.791 bits per heavy atom. The number of nitrogens with zero attached hydrogens (tertiary/aromatic N) is 4. The normalized spacial score (nSPS) is 11.4. The van der Waals surface area contributed by atoms with Crippen LogP contribution in [0.25, 0.3) is 11.0 Å². The number of anilines is 2. The zero-order chi connectivity index (χ0) is 30.6. The Hall–Kier alpha value is -4.78. The molecule has 11 nitrogen and oxygen atoms in total. The summed E-state index contributed by atoms with van der Waals surface area (Å²) in [4.78, 5) is 21.5. The molecule has 0 unspecified atom stereocenters. The van der Waals surface area contributed by atoms with Gasteiger partial charge in [-0.2, -0.15) is 0 Å². The lowest BCUT2D eigenvalue weighted by molar-refractivity contribution is 0.102. The van der Waals surface area contributed by atoms with Gasteiger partial charge in [0.1, 0.15) is 11.5 Å². The molecular formula is C29H22Cl2N6O5S. The Labute approximate surface area is 256 Å². The average Bonchev–Trinajstić information content (AvgIpc) is 2.99. The quantitative estimate of drug-likeness (QED) is 0.160. The monoisotopic (exact) mass is 636 g/mol. The highest BCUT2D eigenvalue weighted by Crippen LogP contribution is 2.32. The molecule has 0 aliphatic heterocycles. The van der Waals surface area contributed by atoms with Gasteiger partial charge in [-0.3, -0.25) is 9.52 Å². The van der Waals surface area contributed by atoms with Crippen LogP contribution in [0.1, 0.15) is 10.4 Å². The van der Waals surface area contributed by atoms with Gasteiger partial charge in [-0.15, -0.1) is 10.2 Å². The number of rotatable bonds is 9. The molecule has 0 radical (unpaired) electrons. The van der Waals surface area contributed by atoms with Crippen molar-refractivity contribution >= 4 is 73.2 Å². The number of hydrogen-bond donors (Lipinski definition) is 2. The van der Waals surface area contributed by atoms with Gasteiger partial charge >= 0.3 is 0 Å². The smallest absolute Gasteiger partial charge is 0.263 e. The van der Waals surface area contributed by atoms with Crippen molar-refractivity contribution in [2.75, 3.05) is 24.3 Å². The minimum absolute atomic E-state index is 0.0774. The molecule has 218 valence electrons. The average molecular weight is 638 g/mol. The van der Waals surface area contributed by atoms with Crippen LogP contribution in [0.2, 0.25) is 10.0 Å². The van der Waals surface area contributed by atoms with Crippen molar-refractivity contribution in [3.05, 3.63) is 101 Å². The van der Waals surface area contributed by atoms with Crippen molar-refractivity contribution < 1.29 is 22.7 Å². The summed E-state index contributed by atoms with van der Waals surface area (Å²) < 4.78 is 40.0. The van der Waals surface area contributed by atoms with E-state index in [9.17, 15) is 13.2 Å². The minimum atomic E-state index is -4.23. The maximum Gasteiger partial charge on any atom is 0.263 e. The fraction of sp³-hybridized carbons (Fsp3) is 0.0690. The lowest BCUT2D eigenvalue weighted by atomic mass is 10.2. The molecule has 4 aromatic carbocycles. The van der Waals surface area contributed by atoms with E-state index in [1.165, 1.54) is 50.6 Å². The lowest BCUT2D eigenvalue weighted by Gasteiger charge is -2.12. The number of methoxy groups -OCH3 is 2. The molecule has 0 atom stereocenters. The number of sulfonamides is 1. The third-order valence-corrected chi connectivity index (χ3v) is 7.68. The number of nitrogens with one attached hydrogen (secondary N) is 2. The first-order chi connectivity index (χ1) is 20.6. The molecule has 0 aliphatic carbocycles. The topological polar surface area (TPSA) is 144 Å². The molecule has 43 heavy (non-hydrogen) atoms. The summed E-state index contributed by atoms with van der Waals surface area (Å²) in [5.41, 5.74) is 1.72. The zero-order valence-corrected chi connectivity index (χ0v) is 24.9. The highest BCUT2D eigenvalue weighted by atomic mass is 35.5. The van der Waals surface area contributed by atoms with Gasteiger partial charge in [-0.05, 0) is 48.5 Å². The maximum absolute atomic E-state index is 13.5. The predicted molar refractivity (Wildman–Crippen MR) is 165 cm³/mol. The maximum atomic E-state index is 13.5. The van der Waals surface area contributed by atoms with E-state index in [0.717, 1.165) is 0 Å². The summed E-state index contributed by atoms with van der Waals surface area (Å²) in [7, 11) is -1.22. The molecule has 0 aliphatic rings. The zero-order valence-electron chi connectivity index (χ0n) is 22.6. The van der Waals surface area contributed by atoms with Crippen molar-refractivity contribution in [3.8, 4) is 11.5 Å². The molecule has 14 heteroatoms. The van der Waals surface area contributed by atoms with E-state index in [4.69, 9.17) is 32.7 Å². The number of azo groups is 1. The molecule has 0 saturated carbocycles. The van der Waals surface area contributed by atoms with Gasteiger partial charge in [0.05, 0.1) is 35.8 Å². The summed E-state index contributed by atoms with van der Waals surface area (Å²) in [5, 5.41) is 11.6. The van der Waals surface area contributed by atoms with Crippen molar-refractivity contribution in [1.82, 2.24) is 9.97 Å². The first-order valence-electron chi connectivity index (χ1n) is 12.5. The van der Waals surface area contributed by atoms with Crippen LogP contribution in [-0.2, 0) is 10.0 Å². The number of amides is 1. The second-order valence-corrected chi connectivity index (χ2v) is 11.5. The largest absolute Gasteiger partial charge is 0.497 e. The van der Waals surface area contributed by atoms with E-state index in [1.54, 1.807) is 48.5 Å². The fourth-order valence-electron chi connectivity index (χ4n) is 3.90. The van der Waals surface area contributed by atoms with Gasteiger partial charge in [-0.1, -0.05) is 41.4 Å². The highest BCUT2D eigenvalue weighted by molar-refractivity contribution is 7.92. The number of carbonyl (C=O) groups excluding carboxylic acids is 1.